The van der Waals surface area contributed by atoms with E-state index in [2.05, 4.69) is 11.2 Å². The van der Waals surface area contributed by atoms with Gasteiger partial charge in [-0.1, -0.05) is 5.92 Å². The molecule has 1 unspecified atom stereocenters. The van der Waals surface area contributed by atoms with Crippen molar-refractivity contribution in [3.05, 3.63) is 0 Å². The summed E-state index contributed by atoms with van der Waals surface area (Å²) < 4.78 is 22.3. The Kier molecular flexibility index (Phi) is 3.12. The van der Waals surface area contributed by atoms with Gasteiger partial charge in [-0.3, -0.25) is 0 Å². The molecule has 1 fully saturated rings. The molecular weight excluding hydrogens is 174 g/mol. The van der Waals surface area contributed by atoms with Gasteiger partial charge in [-0.25, -0.2) is 8.42 Å². The summed E-state index contributed by atoms with van der Waals surface area (Å²) in [6.07, 6.45) is 6.72. The minimum Gasteiger partial charge on any atom is -0.302 e. The number of hydrogen-bond donors (Lipinski definition) is 1. The van der Waals surface area contributed by atoms with Gasteiger partial charge in [0.1, 0.15) is 0 Å². The van der Waals surface area contributed by atoms with Crippen molar-refractivity contribution in [3.63, 3.8) is 0 Å². The average Bonchev–Trinajstić information content (AvgIpc) is 1.99. The third-order valence-corrected chi connectivity index (χ3v) is 3.78. The lowest BCUT2D eigenvalue weighted by molar-refractivity contribution is 0.501. The van der Waals surface area contributed by atoms with Gasteiger partial charge in [0.25, 0.3) is 0 Å². The van der Waals surface area contributed by atoms with Gasteiger partial charge in [0.15, 0.2) is 9.84 Å². The van der Waals surface area contributed by atoms with Crippen molar-refractivity contribution in [3.8, 4) is 12.3 Å². The number of rotatable bonds is 2. The van der Waals surface area contributed by atoms with Crippen LogP contribution in [0.2, 0.25) is 0 Å². The first-order valence-corrected chi connectivity index (χ1v) is 5.83. The van der Waals surface area contributed by atoms with E-state index < -0.39 is 9.84 Å². The molecule has 1 atom stereocenters. The highest BCUT2D eigenvalue weighted by molar-refractivity contribution is 7.91. The lowest BCUT2D eigenvalue weighted by Gasteiger charge is -2.21. The monoisotopic (exact) mass is 187 g/mol. The minimum atomic E-state index is -2.79. The van der Waals surface area contributed by atoms with Crippen molar-refractivity contribution in [2.24, 2.45) is 0 Å². The van der Waals surface area contributed by atoms with Crippen LogP contribution >= 0.6 is 0 Å². The van der Waals surface area contributed by atoms with Gasteiger partial charge in [-0.15, -0.1) is 6.42 Å². The van der Waals surface area contributed by atoms with Crippen LogP contribution in [0.3, 0.4) is 0 Å². The van der Waals surface area contributed by atoms with Crippen LogP contribution in [0, 0.1) is 12.3 Å². The first-order valence-electron chi connectivity index (χ1n) is 4.01. The van der Waals surface area contributed by atoms with Crippen molar-refractivity contribution >= 4 is 9.84 Å². The predicted molar refractivity (Wildman–Crippen MR) is 48.5 cm³/mol. The first kappa shape index (κ1) is 9.56. The highest BCUT2D eigenvalue weighted by atomic mass is 32.2. The van der Waals surface area contributed by atoms with E-state index in [1.54, 1.807) is 0 Å². The summed E-state index contributed by atoms with van der Waals surface area (Å²) >= 11 is 0. The van der Waals surface area contributed by atoms with Crippen molar-refractivity contribution in [1.82, 2.24) is 5.32 Å². The number of nitrogens with one attached hydrogen (secondary N) is 1. The van der Waals surface area contributed by atoms with Crippen LogP contribution in [0.15, 0.2) is 0 Å². The molecule has 0 aromatic carbocycles. The smallest absolute Gasteiger partial charge is 0.151 e. The molecule has 0 radical (unpaired) electrons. The van der Waals surface area contributed by atoms with Crippen LogP contribution < -0.4 is 5.32 Å². The summed E-state index contributed by atoms with van der Waals surface area (Å²) in [6.45, 7) is 0.459. The summed E-state index contributed by atoms with van der Waals surface area (Å²) in [5.41, 5.74) is 0. The molecule has 1 aliphatic rings. The maximum absolute atomic E-state index is 11.1. The molecule has 12 heavy (non-hydrogen) atoms. The van der Waals surface area contributed by atoms with Crippen LogP contribution in [0.5, 0.6) is 0 Å². The van der Waals surface area contributed by atoms with Gasteiger partial charge in [-0.05, 0) is 12.8 Å². The molecule has 0 aromatic heterocycles. The third-order valence-electron chi connectivity index (χ3n) is 1.96. The van der Waals surface area contributed by atoms with E-state index in [0.29, 0.717) is 12.3 Å². The zero-order valence-corrected chi connectivity index (χ0v) is 7.73. The van der Waals surface area contributed by atoms with E-state index in [-0.39, 0.29) is 11.8 Å². The molecule has 0 bridgehead atoms. The Morgan fingerprint density at radius 1 is 1.58 bits per heavy atom. The van der Waals surface area contributed by atoms with Crippen LogP contribution in [0.25, 0.3) is 0 Å². The van der Waals surface area contributed by atoms with E-state index in [1.807, 2.05) is 0 Å². The second-order valence-electron chi connectivity index (χ2n) is 3.04. The molecule has 0 aromatic rings. The highest BCUT2D eigenvalue weighted by Gasteiger charge is 2.23. The molecule has 68 valence electrons. The molecule has 1 aliphatic heterocycles. The largest absolute Gasteiger partial charge is 0.302 e. The lowest BCUT2D eigenvalue weighted by Crippen LogP contribution is -2.40. The SMILES string of the molecule is C#CCNC1CCCS(=O)(=O)C1. The average molecular weight is 187 g/mol. The van der Waals surface area contributed by atoms with E-state index in [4.69, 9.17) is 6.42 Å². The number of terminal acetylenes is 1. The summed E-state index contributed by atoms with van der Waals surface area (Å²) in [7, 11) is -2.79. The van der Waals surface area contributed by atoms with E-state index in [1.165, 1.54) is 0 Å². The zero-order chi connectivity index (χ0) is 9.03. The van der Waals surface area contributed by atoms with Gasteiger partial charge < -0.3 is 5.32 Å². The Morgan fingerprint density at radius 3 is 2.92 bits per heavy atom. The van der Waals surface area contributed by atoms with Gasteiger partial charge in [0.2, 0.25) is 0 Å². The molecule has 0 aliphatic carbocycles. The normalized spacial score (nSPS) is 27.8. The maximum Gasteiger partial charge on any atom is 0.151 e. The Labute approximate surface area is 73.5 Å². The van der Waals surface area contributed by atoms with Gasteiger partial charge >= 0.3 is 0 Å². The summed E-state index contributed by atoms with van der Waals surface area (Å²) in [4.78, 5) is 0. The van der Waals surface area contributed by atoms with E-state index >= 15 is 0 Å². The fraction of sp³-hybridized carbons (Fsp3) is 0.750. The molecule has 1 N–H and O–H groups in total. The molecule has 4 heteroatoms. The highest BCUT2D eigenvalue weighted by Crippen LogP contribution is 2.11. The Balaban J connectivity index is 2.43. The second kappa shape index (κ2) is 3.92. The van der Waals surface area contributed by atoms with Crippen LogP contribution in [0.4, 0.5) is 0 Å². The number of hydrogen-bond acceptors (Lipinski definition) is 3. The zero-order valence-electron chi connectivity index (χ0n) is 6.91. The Morgan fingerprint density at radius 2 is 2.33 bits per heavy atom. The predicted octanol–water partition coefficient (Wildman–Crippen LogP) is -0.214. The fourth-order valence-corrected chi connectivity index (χ4v) is 3.06. The topological polar surface area (TPSA) is 46.2 Å². The maximum atomic E-state index is 11.1. The molecule has 1 saturated heterocycles. The quantitative estimate of drug-likeness (QED) is 0.608. The fourth-order valence-electron chi connectivity index (χ4n) is 1.39. The summed E-state index contributed by atoms with van der Waals surface area (Å²) in [6, 6.07) is 0.0693. The molecule has 1 rings (SSSR count). The van der Waals surface area contributed by atoms with Crippen molar-refractivity contribution < 1.29 is 8.42 Å². The van der Waals surface area contributed by atoms with Crippen molar-refractivity contribution in [2.45, 2.75) is 18.9 Å². The summed E-state index contributed by atoms with van der Waals surface area (Å²) in [5.74, 6) is 3.02. The van der Waals surface area contributed by atoms with Crippen LogP contribution in [-0.2, 0) is 9.84 Å². The van der Waals surface area contributed by atoms with Gasteiger partial charge in [0, 0.05) is 6.04 Å². The minimum absolute atomic E-state index is 0.0693. The molecular formula is C8H13NO2S. The molecule has 0 saturated carbocycles. The van der Waals surface area contributed by atoms with Crippen LogP contribution in [0.1, 0.15) is 12.8 Å². The lowest BCUT2D eigenvalue weighted by atomic mass is 10.2. The Hall–Kier alpha value is -0.530. The molecule has 1 heterocycles. The van der Waals surface area contributed by atoms with E-state index in [9.17, 15) is 8.42 Å². The van der Waals surface area contributed by atoms with Crippen molar-refractivity contribution in [2.75, 3.05) is 18.1 Å². The molecule has 0 amide bonds. The van der Waals surface area contributed by atoms with Crippen molar-refractivity contribution in [1.29, 1.82) is 0 Å². The molecule has 0 spiro atoms. The molecule has 3 nitrogen and oxygen atoms in total. The van der Waals surface area contributed by atoms with Gasteiger partial charge in [-0.2, -0.15) is 0 Å². The third kappa shape index (κ3) is 2.84. The Bertz CT molecular complexity index is 276. The first-order chi connectivity index (χ1) is 5.64. The van der Waals surface area contributed by atoms with Crippen LogP contribution in [-0.4, -0.2) is 32.5 Å². The van der Waals surface area contributed by atoms with E-state index in [0.717, 1.165) is 12.8 Å². The second-order valence-corrected chi connectivity index (χ2v) is 5.27. The summed E-state index contributed by atoms with van der Waals surface area (Å²) in [5, 5.41) is 3.01. The number of sulfone groups is 1. The standard InChI is InChI=1S/C8H13NO2S/c1-2-5-9-8-4-3-6-12(10,11)7-8/h1,8-9H,3-7H2. The van der Waals surface area contributed by atoms with Gasteiger partial charge in [0.05, 0.1) is 18.1 Å².